The molecule has 1 amide bonds. The molecule has 0 fully saturated rings. The molecule has 0 saturated heterocycles. The smallest absolute Gasteiger partial charge is 0.251 e. The molecule has 92 valence electrons. The third-order valence-electron chi connectivity index (χ3n) is 2.39. The molecule has 0 radical (unpaired) electrons. The molecule has 3 nitrogen and oxygen atoms in total. The van der Waals surface area contributed by atoms with Crippen molar-refractivity contribution in [1.29, 1.82) is 0 Å². The first kappa shape index (κ1) is 13.6. The van der Waals surface area contributed by atoms with E-state index in [1.807, 2.05) is 18.2 Å². The zero-order valence-electron chi connectivity index (χ0n) is 10.1. The number of hydrogen-bond donors (Lipinski definition) is 2. The van der Waals surface area contributed by atoms with Crippen LogP contribution >= 0.6 is 12.2 Å². The van der Waals surface area contributed by atoms with Crippen LogP contribution < -0.4 is 11.1 Å². The molecule has 0 aliphatic carbocycles. The summed E-state index contributed by atoms with van der Waals surface area (Å²) < 4.78 is 0. The normalized spacial score (nSPS) is 12.2. The van der Waals surface area contributed by atoms with Gasteiger partial charge in [0, 0.05) is 5.56 Å². The first-order valence-corrected chi connectivity index (χ1v) is 6.06. The molecule has 0 saturated carbocycles. The summed E-state index contributed by atoms with van der Waals surface area (Å²) in [5.74, 6) is 0.293. The lowest BCUT2D eigenvalue weighted by Crippen LogP contribution is -2.44. The van der Waals surface area contributed by atoms with Crippen LogP contribution in [0.2, 0.25) is 0 Å². The van der Waals surface area contributed by atoms with Crippen molar-refractivity contribution in [2.24, 2.45) is 11.7 Å². The lowest BCUT2D eigenvalue weighted by molar-refractivity contribution is 0.0944. The zero-order chi connectivity index (χ0) is 12.8. The van der Waals surface area contributed by atoms with Crippen molar-refractivity contribution in [2.75, 3.05) is 0 Å². The average molecular weight is 250 g/mol. The number of carbonyl (C=O) groups is 1. The first-order chi connectivity index (χ1) is 8.00. The van der Waals surface area contributed by atoms with Crippen molar-refractivity contribution in [2.45, 2.75) is 26.3 Å². The van der Waals surface area contributed by atoms with Gasteiger partial charge in [0.15, 0.2) is 0 Å². The highest BCUT2D eigenvalue weighted by Crippen LogP contribution is 2.07. The highest BCUT2D eigenvalue weighted by atomic mass is 32.1. The number of carbonyl (C=O) groups excluding carboxylic acids is 1. The summed E-state index contributed by atoms with van der Waals surface area (Å²) in [4.78, 5) is 12.3. The lowest BCUT2D eigenvalue weighted by Gasteiger charge is -2.19. The molecule has 1 aromatic carbocycles. The molecule has 3 N–H and O–H groups in total. The standard InChI is InChI=1S/C13H18N2OS/c1-9(2)8-11(12(14)17)15-13(16)10-6-4-3-5-7-10/h3-7,9,11H,8H2,1-2H3,(H2,14,17)(H,15,16)/t11-/m1/s1. The van der Waals surface area contributed by atoms with Gasteiger partial charge >= 0.3 is 0 Å². The Labute approximate surface area is 107 Å². The summed E-state index contributed by atoms with van der Waals surface area (Å²) in [7, 11) is 0. The predicted molar refractivity (Wildman–Crippen MR) is 73.9 cm³/mol. The maximum atomic E-state index is 11.9. The minimum Gasteiger partial charge on any atom is -0.392 e. The summed E-state index contributed by atoms with van der Waals surface area (Å²) >= 11 is 4.97. The van der Waals surface area contributed by atoms with Gasteiger partial charge in [0.25, 0.3) is 5.91 Å². The van der Waals surface area contributed by atoms with Crippen LogP contribution in [-0.4, -0.2) is 16.9 Å². The van der Waals surface area contributed by atoms with Crippen molar-refractivity contribution in [1.82, 2.24) is 5.32 Å². The number of rotatable bonds is 5. The van der Waals surface area contributed by atoms with Gasteiger partial charge < -0.3 is 11.1 Å². The van der Waals surface area contributed by atoms with Crippen molar-refractivity contribution in [3.63, 3.8) is 0 Å². The van der Waals surface area contributed by atoms with E-state index in [4.69, 9.17) is 18.0 Å². The molecule has 0 aromatic heterocycles. The fourth-order valence-electron chi connectivity index (χ4n) is 1.55. The Kier molecular flexibility index (Phi) is 5.10. The summed E-state index contributed by atoms with van der Waals surface area (Å²) in [5, 5.41) is 2.86. The number of hydrogen-bond acceptors (Lipinski definition) is 2. The molecular weight excluding hydrogens is 232 g/mol. The Morgan fingerprint density at radius 1 is 1.35 bits per heavy atom. The maximum absolute atomic E-state index is 11.9. The summed E-state index contributed by atoms with van der Waals surface area (Å²) in [6.45, 7) is 4.14. The second-order valence-electron chi connectivity index (χ2n) is 4.42. The molecule has 0 aliphatic heterocycles. The van der Waals surface area contributed by atoms with E-state index in [0.717, 1.165) is 6.42 Å². The van der Waals surface area contributed by atoms with Crippen LogP contribution in [0.1, 0.15) is 30.6 Å². The quantitative estimate of drug-likeness (QED) is 0.787. The number of thiocarbonyl (C=S) groups is 1. The fraction of sp³-hybridized carbons (Fsp3) is 0.385. The van der Waals surface area contributed by atoms with Crippen LogP contribution in [0.3, 0.4) is 0 Å². The molecule has 1 rings (SSSR count). The van der Waals surface area contributed by atoms with Crippen LogP contribution in [0.25, 0.3) is 0 Å². The predicted octanol–water partition coefficient (Wildman–Crippen LogP) is 2.12. The Morgan fingerprint density at radius 2 is 1.94 bits per heavy atom. The van der Waals surface area contributed by atoms with E-state index in [9.17, 15) is 4.79 Å². The second-order valence-corrected chi connectivity index (χ2v) is 4.90. The Balaban J connectivity index is 2.68. The third kappa shape index (κ3) is 4.53. The average Bonchev–Trinajstić information content (AvgIpc) is 2.28. The molecule has 0 aliphatic rings. The molecule has 0 unspecified atom stereocenters. The molecule has 0 heterocycles. The second kappa shape index (κ2) is 6.35. The number of nitrogens with one attached hydrogen (secondary N) is 1. The highest BCUT2D eigenvalue weighted by molar-refractivity contribution is 7.80. The highest BCUT2D eigenvalue weighted by Gasteiger charge is 2.17. The van der Waals surface area contributed by atoms with Gasteiger partial charge in [0.05, 0.1) is 11.0 Å². The van der Waals surface area contributed by atoms with Gasteiger partial charge in [-0.25, -0.2) is 0 Å². The third-order valence-corrected chi connectivity index (χ3v) is 2.68. The van der Waals surface area contributed by atoms with Crippen molar-refractivity contribution in [3.05, 3.63) is 35.9 Å². The van der Waals surface area contributed by atoms with E-state index in [1.54, 1.807) is 12.1 Å². The van der Waals surface area contributed by atoms with Gasteiger partial charge in [0.1, 0.15) is 0 Å². The molecule has 1 atom stereocenters. The Morgan fingerprint density at radius 3 is 2.41 bits per heavy atom. The number of benzene rings is 1. The van der Waals surface area contributed by atoms with E-state index < -0.39 is 0 Å². The molecule has 1 aromatic rings. The van der Waals surface area contributed by atoms with Crippen LogP contribution in [0, 0.1) is 5.92 Å². The summed E-state index contributed by atoms with van der Waals surface area (Å²) in [5.41, 5.74) is 6.25. The first-order valence-electron chi connectivity index (χ1n) is 5.66. The van der Waals surface area contributed by atoms with E-state index >= 15 is 0 Å². The van der Waals surface area contributed by atoms with E-state index in [2.05, 4.69) is 19.2 Å². The monoisotopic (exact) mass is 250 g/mol. The molecule has 17 heavy (non-hydrogen) atoms. The van der Waals surface area contributed by atoms with Crippen LogP contribution in [0.5, 0.6) is 0 Å². The van der Waals surface area contributed by atoms with Gasteiger partial charge in [-0.3, -0.25) is 4.79 Å². The minimum absolute atomic E-state index is 0.135. The maximum Gasteiger partial charge on any atom is 0.251 e. The summed E-state index contributed by atoms with van der Waals surface area (Å²) in [6.07, 6.45) is 0.758. The summed E-state index contributed by atoms with van der Waals surface area (Å²) in [6, 6.07) is 8.82. The Bertz CT molecular complexity index is 390. The lowest BCUT2D eigenvalue weighted by atomic mass is 10.0. The van der Waals surface area contributed by atoms with Gasteiger partial charge in [-0.2, -0.15) is 0 Å². The number of amides is 1. The van der Waals surface area contributed by atoms with Crippen LogP contribution in [-0.2, 0) is 0 Å². The van der Waals surface area contributed by atoms with Gasteiger partial charge in [-0.1, -0.05) is 44.3 Å². The minimum atomic E-state index is -0.238. The van der Waals surface area contributed by atoms with Crippen molar-refractivity contribution >= 4 is 23.1 Å². The van der Waals surface area contributed by atoms with Gasteiger partial charge in [-0.05, 0) is 24.5 Å². The zero-order valence-corrected chi connectivity index (χ0v) is 11.0. The van der Waals surface area contributed by atoms with E-state index in [-0.39, 0.29) is 11.9 Å². The van der Waals surface area contributed by atoms with E-state index in [0.29, 0.717) is 16.5 Å². The molecule has 0 spiro atoms. The van der Waals surface area contributed by atoms with Gasteiger partial charge in [0.2, 0.25) is 0 Å². The van der Waals surface area contributed by atoms with Crippen LogP contribution in [0.4, 0.5) is 0 Å². The topological polar surface area (TPSA) is 55.1 Å². The van der Waals surface area contributed by atoms with Gasteiger partial charge in [-0.15, -0.1) is 0 Å². The van der Waals surface area contributed by atoms with Crippen LogP contribution in [0.15, 0.2) is 30.3 Å². The van der Waals surface area contributed by atoms with Crippen molar-refractivity contribution in [3.8, 4) is 0 Å². The number of nitrogens with two attached hydrogens (primary N) is 1. The van der Waals surface area contributed by atoms with Crippen molar-refractivity contribution < 1.29 is 4.79 Å². The molecular formula is C13H18N2OS. The van der Waals surface area contributed by atoms with E-state index in [1.165, 1.54) is 0 Å². The SMILES string of the molecule is CC(C)C[C@@H](NC(=O)c1ccccc1)C(N)=S. The molecule has 0 bridgehead atoms. The Hall–Kier alpha value is -1.42. The fourth-order valence-corrected chi connectivity index (χ4v) is 1.70. The molecule has 4 heteroatoms. The largest absolute Gasteiger partial charge is 0.392 e.